The number of benzene rings is 2. The van der Waals surface area contributed by atoms with Crippen LogP contribution in [-0.4, -0.2) is 21.8 Å². The van der Waals surface area contributed by atoms with Crippen LogP contribution in [0.4, 0.5) is 17.1 Å². The van der Waals surface area contributed by atoms with Gasteiger partial charge in [-0.3, -0.25) is 14.9 Å². The fourth-order valence-corrected chi connectivity index (χ4v) is 2.61. The van der Waals surface area contributed by atoms with E-state index in [1.54, 1.807) is 19.1 Å². The van der Waals surface area contributed by atoms with Crippen molar-refractivity contribution in [2.75, 3.05) is 5.32 Å². The molecule has 0 heterocycles. The second-order valence-corrected chi connectivity index (χ2v) is 6.00. The second kappa shape index (κ2) is 6.70. The molecular weight excluding hydrogens is 306 g/mol. The van der Waals surface area contributed by atoms with E-state index >= 15 is 0 Å². The molecule has 1 N–H and O–H groups in total. The summed E-state index contributed by atoms with van der Waals surface area (Å²) in [5.74, 6) is 0.116. The number of hydrogen-bond donors (Lipinski definition) is 1. The van der Waals surface area contributed by atoms with Crippen LogP contribution in [0.25, 0.3) is 0 Å². The summed E-state index contributed by atoms with van der Waals surface area (Å²) in [5, 5.41) is 13.9. The largest absolute Gasteiger partial charge is 0.356 e. The Hall–Kier alpha value is -2.89. The third-order valence-electron chi connectivity index (χ3n) is 4.07. The Morgan fingerprint density at radius 3 is 2.12 bits per heavy atom. The molecule has 1 aliphatic carbocycles. The lowest BCUT2D eigenvalue weighted by Crippen LogP contribution is -2.30. The van der Waals surface area contributed by atoms with Crippen LogP contribution in [0.5, 0.6) is 0 Å². The van der Waals surface area contributed by atoms with Gasteiger partial charge in [-0.1, -0.05) is 12.1 Å². The van der Waals surface area contributed by atoms with Crippen molar-refractivity contribution in [3.05, 3.63) is 64.2 Å². The van der Waals surface area contributed by atoms with Gasteiger partial charge < -0.3 is 10.2 Å². The molecule has 1 fully saturated rings. The number of non-ortho nitro benzene ring substituents is 1. The number of anilines is 2. The lowest BCUT2D eigenvalue weighted by Gasteiger charge is -2.20. The minimum atomic E-state index is -0.417. The molecule has 0 atom stereocenters. The van der Waals surface area contributed by atoms with Gasteiger partial charge in [-0.2, -0.15) is 0 Å². The minimum Gasteiger partial charge on any atom is -0.356 e. The quantitative estimate of drug-likeness (QED) is 0.646. The average molecular weight is 325 g/mol. The Morgan fingerprint density at radius 2 is 1.67 bits per heavy atom. The van der Waals surface area contributed by atoms with Crippen LogP contribution in [0.2, 0.25) is 0 Å². The van der Waals surface area contributed by atoms with Crippen molar-refractivity contribution in [2.24, 2.45) is 0 Å². The molecule has 3 rings (SSSR count). The molecule has 0 aliphatic heterocycles. The molecule has 0 radical (unpaired) electrons. The first kappa shape index (κ1) is 16.0. The molecule has 0 aromatic heterocycles. The SMILES string of the molecule is CC(=O)N(Cc1ccc(Nc2ccc([N+](=O)[O-])cc2)cc1)C1CC1. The molecule has 1 saturated carbocycles. The van der Waals surface area contributed by atoms with Crippen LogP contribution in [-0.2, 0) is 11.3 Å². The highest BCUT2D eigenvalue weighted by atomic mass is 16.6. The number of nitro groups is 1. The van der Waals surface area contributed by atoms with Crippen molar-refractivity contribution in [3.63, 3.8) is 0 Å². The van der Waals surface area contributed by atoms with E-state index in [2.05, 4.69) is 5.32 Å². The first-order valence-corrected chi connectivity index (χ1v) is 7.90. The summed E-state index contributed by atoms with van der Waals surface area (Å²) in [4.78, 5) is 23.8. The number of hydrogen-bond acceptors (Lipinski definition) is 4. The zero-order chi connectivity index (χ0) is 17.1. The van der Waals surface area contributed by atoms with Gasteiger partial charge >= 0.3 is 0 Å². The summed E-state index contributed by atoms with van der Waals surface area (Å²) < 4.78 is 0. The van der Waals surface area contributed by atoms with E-state index in [-0.39, 0.29) is 11.6 Å². The van der Waals surface area contributed by atoms with Gasteiger partial charge in [0, 0.05) is 43.0 Å². The van der Waals surface area contributed by atoms with E-state index < -0.39 is 4.92 Å². The van der Waals surface area contributed by atoms with E-state index in [4.69, 9.17) is 0 Å². The van der Waals surface area contributed by atoms with Crippen molar-refractivity contribution >= 4 is 23.0 Å². The molecule has 1 amide bonds. The summed E-state index contributed by atoms with van der Waals surface area (Å²) >= 11 is 0. The summed E-state index contributed by atoms with van der Waals surface area (Å²) in [6.45, 7) is 2.25. The van der Waals surface area contributed by atoms with Gasteiger partial charge in [0.1, 0.15) is 0 Å². The van der Waals surface area contributed by atoms with Crippen molar-refractivity contribution in [1.82, 2.24) is 4.90 Å². The molecule has 6 nitrogen and oxygen atoms in total. The summed E-state index contributed by atoms with van der Waals surface area (Å²) in [6.07, 6.45) is 2.19. The number of nitro benzene ring substituents is 1. The first-order valence-electron chi connectivity index (χ1n) is 7.90. The first-order chi connectivity index (χ1) is 11.5. The van der Waals surface area contributed by atoms with Gasteiger partial charge in [0.05, 0.1) is 4.92 Å². The van der Waals surface area contributed by atoms with Gasteiger partial charge in [0.15, 0.2) is 0 Å². The predicted octanol–water partition coefficient (Wildman–Crippen LogP) is 3.85. The van der Waals surface area contributed by atoms with Crippen molar-refractivity contribution in [2.45, 2.75) is 32.4 Å². The topological polar surface area (TPSA) is 75.5 Å². The van der Waals surface area contributed by atoms with Gasteiger partial charge in [0.2, 0.25) is 5.91 Å². The molecule has 2 aromatic rings. The Kier molecular flexibility index (Phi) is 4.46. The molecule has 0 spiro atoms. The molecule has 0 bridgehead atoms. The highest BCUT2D eigenvalue weighted by molar-refractivity contribution is 5.74. The third kappa shape index (κ3) is 3.90. The number of rotatable bonds is 6. The van der Waals surface area contributed by atoms with E-state index in [9.17, 15) is 14.9 Å². The fourth-order valence-electron chi connectivity index (χ4n) is 2.61. The summed E-state index contributed by atoms with van der Waals surface area (Å²) in [6, 6.07) is 14.6. The van der Waals surface area contributed by atoms with E-state index in [1.807, 2.05) is 29.2 Å². The number of nitrogens with zero attached hydrogens (tertiary/aromatic N) is 2. The number of nitrogens with one attached hydrogen (secondary N) is 1. The Balaban J connectivity index is 1.63. The van der Waals surface area contributed by atoms with Crippen LogP contribution >= 0.6 is 0 Å². The molecule has 6 heteroatoms. The second-order valence-electron chi connectivity index (χ2n) is 6.00. The Bertz CT molecular complexity index is 737. The standard InChI is InChI=1S/C18H19N3O3/c1-13(22)20(17-10-11-17)12-14-2-4-15(5-3-14)19-16-6-8-18(9-7-16)21(23)24/h2-9,17,19H,10-12H2,1H3. The minimum absolute atomic E-state index is 0.0697. The maximum Gasteiger partial charge on any atom is 0.269 e. The molecule has 0 unspecified atom stereocenters. The van der Waals surface area contributed by atoms with Crippen LogP contribution < -0.4 is 5.32 Å². The zero-order valence-electron chi connectivity index (χ0n) is 13.4. The Morgan fingerprint density at radius 1 is 1.12 bits per heavy atom. The fraction of sp³-hybridized carbons (Fsp3) is 0.278. The van der Waals surface area contributed by atoms with Crippen LogP contribution in [0.15, 0.2) is 48.5 Å². The maximum absolute atomic E-state index is 11.7. The van der Waals surface area contributed by atoms with Crippen molar-refractivity contribution < 1.29 is 9.72 Å². The van der Waals surface area contributed by atoms with E-state index in [0.717, 1.165) is 29.8 Å². The monoisotopic (exact) mass is 325 g/mol. The predicted molar refractivity (Wildman–Crippen MR) is 92.1 cm³/mol. The maximum atomic E-state index is 11.7. The molecular formula is C18H19N3O3. The van der Waals surface area contributed by atoms with Crippen LogP contribution in [0.1, 0.15) is 25.3 Å². The molecule has 24 heavy (non-hydrogen) atoms. The van der Waals surface area contributed by atoms with Gasteiger partial charge in [-0.15, -0.1) is 0 Å². The number of amides is 1. The van der Waals surface area contributed by atoms with Crippen molar-refractivity contribution in [3.8, 4) is 0 Å². The van der Waals surface area contributed by atoms with Gasteiger partial charge in [-0.05, 0) is 42.7 Å². The smallest absolute Gasteiger partial charge is 0.269 e. The highest BCUT2D eigenvalue weighted by Crippen LogP contribution is 2.28. The zero-order valence-corrected chi connectivity index (χ0v) is 13.4. The van der Waals surface area contributed by atoms with Crippen molar-refractivity contribution in [1.29, 1.82) is 0 Å². The molecule has 2 aromatic carbocycles. The van der Waals surface area contributed by atoms with Gasteiger partial charge in [0.25, 0.3) is 5.69 Å². The molecule has 124 valence electrons. The van der Waals surface area contributed by atoms with E-state index in [0.29, 0.717) is 12.6 Å². The molecule has 0 saturated heterocycles. The lowest BCUT2D eigenvalue weighted by atomic mass is 10.2. The summed E-state index contributed by atoms with van der Waals surface area (Å²) in [5.41, 5.74) is 2.84. The molecule has 1 aliphatic rings. The van der Waals surface area contributed by atoms with E-state index in [1.165, 1.54) is 12.1 Å². The number of carbonyl (C=O) groups excluding carboxylic acids is 1. The van der Waals surface area contributed by atoms with Gasteiger partial charge in [-0.25, -0.2) is 0 Å². The lowest BCUT2D eigenvalue weighted by molar-refractivity contribution is -0.384. The summed E-state index contributed by atoms with van der Waals surface area (Å²) in [7, 11) is 0. The number of carbonyl (C=O) groups is 1. The van der Waals surface area contributed by atoms with Crippen LogP contribution in [0.3, 0.4) is 0 Å². The highest BCUT2D eigenvalue weighted by Gasteiger charge is 2.30. The third-order valence-corrected chi connectivity index (χ3v) is 4.07. The average Bonchev–Trinajstić information content (AvgIpc) is 3.39. The van der Waals surface area contributed by atoms with Crippen LogP contribution in [0, 0.1) is 10.1 Å². The normalized spacial score (nSPS) is 13.4. The Labute approximate surface area is 140 Å².